The minimum Gasteiger partial charge on any atom is -0.481 e. The maximum Gasteiger partial charge on any atom is 0.338 e. The number of nitrogens with zero attached hydrogens (tertiary/aromatic N) is 1. The van der Waals surface area contributed by atoms with Gasteiger partial charge in [-0.05, 0) is 17.7 Å². The molecule has 1 aliphatic rings. The molecule has 1 saturated heterocycles. The quantitative estimate of drug-likeness (QED) is 0.576. The highest BCUT2D eigenvalue weighted by Crippen LogP contribution is 2.34. The molecule has 0 radical (unpaired) electrons. The van der Waals surface area contributed by atoms with Crippen LogP contribution in [0.2, 0.25) is 0 Å². The fourth-order valence-electron chi connectivity index (χ4n) is 2.99. The number of pyridine rings is 1. The highest BCUT2D eigenvalue weighted by atomic mass is 16.7. The minimum atomic E-state index is -0.565. The van der Waals surface area contributed by atoms with Gasteiger partial charge in [0.1, 0.15) is 5.69 Å². The molecule has 28 heavy (non-hydrogen) atoms. The molecule has 0 amide bonds. The third-order valence-corrected chi connectivity index (χ3v) is 4.48. The lowest BCUT2D eigenvalue weighted by molar-refractivity contribution is -0.226. The molecule has 2 heterocycles. The van der Waals surface area contributed by atoms with Crippen LogP contribution < -0.4 is 4.74 Å². The summed E-state index contributed by atoms with van der Waals surface area (Å²) < 4.78 is 21.6. The molecule has 1 aromatic heterocycles. The molecule has 3 rings (SSSR count). The van der Waals surface area contributed by atoms with Gasteiger partial charge in [0.25, 0.3) is 0 Å². The van der Waals surface area contributed by atoms with Gasteiger partial charge in [-0.15, -0.1) is 0 Å². The van der Waals surface area contributed by atoms with Crippen LogP contribution >= 0.6 is 0 Å². The predicted octanol–water partition coefficient (Wildman–Crippen LogP) is 3.43. The fraction of sp³-hybridized carbons (Fsp3) is 0.381. The molecule has 2 aromatic rings. The number of aldehydes is 1. The molecule has 1 fully saturated rings. The number of hydrogen-bond donors (Lipinski definition) is 0. The molecule has 7 nitrogen and oxygen atoms in total. The first-order valence-electron chi connectivity index (χ1n) is 8.84. The molecule has 0 bridgehead atoms. The third-order valence-electron chi connectivity index (χ3n) is 4.48. The zero-order valence-corrected chi connectivity index (χ0v) is 16.4. The molecule has 1 aromatic carbocycles. The Hall–Kier alpha value is -2.77. The van der Waals surface area contributed by atoms with Crippen LogP contribution in [-0.2, 0) is 14.2 Å². The van der Waals surface area contributed by atoms with Crippen LogP contribution in [0.3, 0.4) is 0 Å². The summed E-state index contributed by atoms with van der Waals surface area (Å²) in [5.74, 6) is -0.214. The number of carbonyl (C=O) groups excluding carboxylic acids is 2. The van der Waals surface area contributed by atoms with E-state index < -0.39 is 12.3 Å². The van der Waals surface area contributed by atoms with Gasteiger partial charge in [-0.1, -0.05) is 26.0 Å². The maximum absolute atomic E-state index is 12.4. The summed E-state index contributed by atoms with van der Waals surface area (Å²) in [7, 11) is 2.78. The number of ether oxygens (including phenoxy) is 4. The van der Waals surface area contributed by atoms with Crippen LogP contribution in [0.4, 0.5) is 0 Å². The van der Waals surface area contributed by atoms with Gasteiger partial charge >= 0.3 is 5.97 Å². The molecule has 7 heteroatoms. The van der Waals surface area contributed by atoms with E-state index >= 15 is 0 Å². The Balaban J connectivity index is 2.03. The van der Waals surface area contributed by atoms with Gasteiger partial charge in [0, 0.05) is 22.6 Å². The zero-order valence-electron chi connectivity index (χ0n) is 16.4. The summed E-state index contributed by atoms with van der Waals surface area (Å²) >= 11 is 0. The third kappa shape index (κ3) is 4.05. The van der Waals surface area contributed by atoms with Crippen LogP contribution in [0.1, 0.15) is 46.5 Å². The lowest BCUT2D eigenvalue weighted by Crippen LogP contribution is -2.33. The van der Waals surface area contributed by atoms with Crippen molar-refractivity contribution in [1.82, 2.24) is 4.98 Å². The second-order valence-electron chi connectivity index (χ2n) is 7.32. The van der Waals surface area contributed by atoms with E-state index in [0.29, 0.717) is 47.6 Å². The minimum absolute atomic E-state index is 0.0603. The van der Waals surface area contributed by atoms with E-state index in [0.717, 1.165) is 0 Å². The fourth-order valence-corrected chi connectivity index (χ4v) is 2.99. The second kappa shape index (κ2) is 8.08. The molecule has 0 spiro atoms. The van der Waals surface area contributed by atoms with Crippen molar-refractivity contribution in [1.29, 1.82) is 0 Å². The molecule has 0 saturated carbocycles. The standard InChI is InChI=1S/C21H23NO6/c1-21(2)11-27-20(28-12-21)13-5-6-14(16(9-13)19(24)26-4)15-7-8-18(25-3)22-17(15)10-23/h5-10,20H,11-12H2,1-4H3. The smallest absolute Gasteiger partial charge is 0.338 e. The number of aromatic nitrogens is 1. The molecule has 1 aliphatic heterocycles. The Labute approximate surface area is 163 Å². The Morgan fingerprint density at radius 3 is 2.43 bits per heavy atom. The normalized spacial score (nSPS) is 16.4. The lowest BCUT2D eigenvalue weighted by Gasteiger charge is -2.34. The number of hydrogen-bond acceptors (Lipinski definition) is 7. The van der Waals surface area contributed by atoms with Crippen molar-refractivity contribution in [2.24, 2.45) is 5.41 Å². The van der Waals surface area contributed by atoms with Gasteiger partial charge in [0.15, 0.2) is 12.6 Å². The molecule has 0 atom stereocenters. The van der Waals surface area contributed by atoms with Crippen molar-refractivity contribution in [2.45, 2.75) is 20.1 Å². The number of benzene rings is 1. The van der Waals surface area contributed by atoms with E-state index in [1.54, 1.807) is 24.3 Å². The van der Waals surface area contributed by atoms with E-state index in [1.807, 2.05) is 6.07 Å². The van der Waals surface area contributed by atoms with Crippen LogP contribution in [0.5, 0.6) is 5.88 Å². The molecule has 148 valence electrons. The van der Waals surface area contributed by atoms with Crippen molar-refractivity contribution in [3.8, 4) is 17.0 Å². The Bertz CT molecular complexity index is 882. The van der Waals surface area contributed by atoms with E-state index in [9.17, 15) is 9.59 Å². The number of rotatable bonds is 5. The summed E-state index contributed by atoms with van der Waals surface area (Å²) in [5.41, 5.74) is 2.15. The Kier molecular flexibility index (Phi) is 5.76. The average Bonchev–Trinajstić information content (AvgIpc) is 2.72. The average molecular weight is 385 g/mol. The van der Waals surface area contributed by atoms with Crippen molar-refractivity contribution >= 4 is 12.3 Å². The lowest BCUT2D eigenvalue weighted by atomic mass is 9.94. The highest BCUT2D eigenvalue weighted by Gasteiger charge is 2.30. The molecule has 0 N–H and O–H groups in total. The number of methoxy groups -OCH3 is 2. The molecular weight excluding hydrogens is 362 g/mol. The van der Waals surface area contributed by atoms with Gasteiger partial charge in [0.05, 0.1) is 33.0 Å². The van der Waals surface area contributed by atoms with E-state index in [2.05, 4.69) is 18.8 Å². The monoisotopic (exact) mass is 385 g/mol. The zero-order chi connectivity index (χ0) is 20.3. The topological polar surface area (TPSA) is 84.0 Å². The van der Waals surface area contributed by atoms with E-state index in [1.165, 1.54) is 14.2 Å². The summed E-state index contributed by atoms with van der Waals surface area (Å²) in [6.45, 7) is 5.21. The van der Waals surface area contributed by atoms with Gasteiger partial charge in [0.2, 0.25) is 5.88 Å². The van der Waals surface area contributed by atoms with E-state index in [-0.39, 0.29) is 11.1 Å². The summed E-state index contributed by atoms with van der Waals surface area (Å²) in [6.07, 6.45) is 0.0624. The number of esters is 1. The summed E-state index contributed by atoms with van der Waals surface area (Å²) in [6, 6.07) is 8.54. The maximum atomic E-state index is 12.4. The Morgan fingerprint density at radius 1 is 1.14 bits per heavy atom. The first-order valence-corrected chi connectivity index (χ1v) is 8.84. The molecular formula is C21H23NO6. The van der Waals surface area contributed by atoms with Crippen LogP contribution in [-0.4, -0.2) is 44.7 Å². The molecule has 0 aliphatic carbocycles. The Morgan fingerprint density at radius 2 is 1.82 bits per heavy atom. The van der Waals surface area contributed by atoms with Crippen molar-refractivity contribution < 1.29 is 28.5 Å². The number of carbonyl (C=O) groups is 2. The molecule has 0 unspecified atom stereocenters. The second-order valence-corrected chi connectivity index (χ2v) is 7.32. The largest absolute Gasteiger partial charge is 0.481 e. The first kappa shape index (κ1) is 20.0. The van der Waals surface area contributed by atoms with Gasteiger partial charge < -0.3 is 18.9 Å². The van der Waals surface area contributed by atoms with Gasteiger partial charge in [-0.3, -0.25) is 4.79 Å². The van der Waals surface area contributed by atoms with Crippen LogP contribution in [0, 0.1) is 5.41 Å². The van der Waals surface area contributed by atoms with Gasteiger partial charge in [-0.2, -0.15) is 0 Å². The predicted molar refractivity (Wildman–Crippen MR) is 101 cm³/mol. The SMILES string of the molecule is COC(=O)c1cc(C2OCC(C)(C)CO2)ccc1-c1ccc(OC)nc1C=O. The summed E-state index contributed by atoms with van der Waals surface area (Å²) in [5, 5.41) is 0. The highest BCUT2D eigenvalue weighted by molar-refractivity contribution is 6.00. The van der Waals surface area contributed by atoms with Crippen molar-refractivity contribution in [2.75, 3.05) is 27.4 Å². The van der Waals surface area contributed by atoms with Crippen molar-refractivity contribution in [3.63, 3.8) is 0 Å². The van der Waals surface area contributed by atoms with E-state index in [4.69, 9.17) is 18.9 Å². The van der Waals surface area contributed by atoms with Crippen LogP contribution in [0.15, 0.2) is 30.3 Å². The van der Waals surface area contributed by atoms with Gasteiger partial charge in [-0.25, -0.2) is 9.78 Å². The van der Waals surface area contributed by atoms with Crippen LogP contribution in [0.25, 0.3) is 11.1 Å². The summed E-state index contributed by atoms with van der Waals surface area (Å²) in [4.78, 5) is 28.1. The first-order chi connectivity index (χ1) is 13.4. The van der Waals surface area contributed by atoms with Crippen molar-refractivity contribution in [3.05, 3.63) is 47.2 Å².